The summed E-state index contributed by atoms with van der Waals surface area (Å²) in [4.78, 5) is 11.5. The predicted octanol–water partition coefficient (Wildman–Crippen LogP) is -0.0466. The van der Waals surface area contributed by atoms with Crippen LogP contribution in [0.1, 0.15) is 16.8 Å². The minimum atomic E-state index is -0.616. The highest BCUT2D eigenvalue weighted by molar-refractivity contribution is 5.99. The van der Waals surface area contributed by atoms with E-state index in [1.807, 2.05) is 0 Å². The number of nitrogens with zero attached hydrogens (tertiary/aromatic N) is 2. The molecule has 13 heavy (non-hydrogen) atoms. The van der Waals surface area contributed by atoms with E-state index in [0.29, 0.717) is 5.56 Å². The van der Waals surface area contributed by atoms with Crippen molar-refractivity contribution in [2.24, 2.45) is 12.8 Å². The normalized spacial score (nSPS) is 12.1. The Morgan fingerprint density at radius 1 is 1.92 bits per heavy atom. The Hall–Kier alpha value is -1.60. The lowest BCUT2D eigenvalue weighted by molar-refractivity contribution is 0.0963. The van der Waals surface area contributed by atoms with Gasteiger partial charge in [-0.15, -0.1) is 12.3 Å². The van der Waals surface area contributed by atoms with Crippen molar-refractivity contribution in [3.8, 4) is 12.3 Å². The fraction of sp³-hybridized carbons (Fsp3) is 0.333. The Morgan fingerprint density at radius 3 is 3.08 bits per heavy atom. The third kappa shape index (κ3) is 2.17. The van der Waals surface area contributed by atoms with Gasteiger partial charge in [0.1, 0.15) is 0 Å². The highest BCUT2D eigenvalue weighted by Crippen LogP contribution is 2.02. The standard InChI is InChI=1S/C9H11N3O/c1-3-4-8(10)9(13)7-5-11-12(2)6-7/h1,5-6,8H,4,10H2,2H3. The molecule has 4 nitrogen and oxygen atoms in total. The number of Topliss-reactive ketones (excluding diaryl/α,β-unsaturated/α-hetero) is 1. The quantitative estimate of drug-likeness (QED) is 0.520. The molecule has 2 N–H and O–H groups in total. The first kappa shape index (κ1) is 9.49. The molecule has 1 unspecified atom stereocenters. The summed E-state index contributed by atoms with van der Waals surface area (Å²) in [5.41, 5.74) is 6.04. The molecular formula is C9H11N3O. The van der Waals surface area contributed by atoms with Gasteiger partial charge in [0, 0.05) is 19.7 Å². The molecule has 0 aliphatic heterocycles. The van der Waals surface area contributed by atoms with E-state index in [4.69, 9.17) is 12.2 Å². The van der Waals surface area contributed by atoms with Crippen molar-refractivity contribution < 1.29 is 4.79 Å². The second-order valence-corrected chi connectivity index (χ2v) is 2.78. The maximum absolute atomic E-state index is 11.5. The van der Waals surface area contributed by atoms with Crippen LogP contribution < -0.4 is 5.73 Å². The van der Waals surface area contributed by atoms with Gasteiger partial charge in [0.2, 0.25) is 0 Å². The zero-order valence-corrected chi connectivity index (χ0v) is 7.40. The summed E-state index contributed by atoms with van der Waals surface area (Å²) in [5.74, 6) is 2.19. The van der Waals surface area contributed by atoms with Gasteiger partial charge in [-0.2, -0.15) is 5.10 Å². The van der Waals surface area contributed by atoms with Gasteiger partial charge in [0.05, 0.1) is 17.8 Å². The van der Waals surface area contributed by atoms with Gasteiger partial charge in [0.15, 0.2) is 5.78 Å². The van der Waals surface area contributed by atoms with E-state index in [-0.39, 0.29) is 12.2 Å². The first-order valence-corrected chi connectivity index (χ1v) is 3.87. The average Bonchev–Trinajstić information content (AvgIpc) is 2.51. The van der Waals surface area contributed by atoms with Crippen molar-refractivity contribution in [3.63, 3.8) is 0 Å². The van der Waals surface area contributed by atoms with Gasteiger partial charge in [-0.25, -0.2) is 0 Å². The monoisotopic (exact) mass is 177 g/mol. The van der Waals surface area contributed by atoms with Crippen LogP contribution in [0.15, 0.2) is 12.4 Å². The number of ketones is 1. The van der Waals surface area contributed by atoms with E-state index < -0.39 is 6.04 Å². The number of carbonyl (C=O) groups is 1. The molecule has 0 saturated heterocycles. The summed E-state index contributed by atoms with van der Waals surface area (Å²) in [6, 6.07) is -0.616. The number of hydrogen-bond donors (Lipinski definition) is 1. The summed E-state index contributed by atoms with van der Waals surface area (Å²) in [6.07, 6.45) is 8.41. The fourth-order valence-corrected chi connectivity index (χ4v) is 0.982. The van der Waals surface area contributed by atoms with E-state index in [1.165, 1.54) is 6.20 Å². The van der Waals surface area contributed by atoms with Crippen LogP contribution in [0.2, 0.25) is 0 Å². The predicted molar refractivity (Wildman–Crippen MR) is 49.0 cm³/mol. The van der Waals surface area contributed by atoms with Crippen molar-refractivity contribution in [2.45, 2.75) is 12.5 Å². The van der Waals surface area contributed by atoms with Gasteiger partial charge >= 0.3 is 0 Å². The summed E-state index contributed by atoms with van der Waals surface area (Å²) in [6.45, 7) is 0. The van der Waals surface area contributed by atoms with Crippen LogP contribution in [0.5, 0.6) is 0 Å². The third-order valence-corrected chi connectivity index (χ3v) is 1.66. The highest BCUT2D eigenvalue weighted by atomic mass is 16.1. The van der Waals surface area contributed by atoms with E-state index >= 15 is 0 Å². The van der Waals surface area contributed by atoms with Crippen molar-refractivity contribution in [2.75, 3.05) is 0 Å². The van der Waals surface area contributed by atoms with Gasteiger partial charge in [-0.05, 0) is 0 Å². The zero-order chi connectivity index (χ0) is 9.84. The average molecular weight is 177 g/mol. The first-order chi connectivity index (χ1) is 6.15. The summed E-state index contributed by atoms with van der Waals surface area (Å²) in [5, 5.41) is 3.87. The Bertz CT molecular complexity index is 348. The molecule has 1 rings (SSSR count). The maximum atomic E-state index is 11.5. The second-order valence-electron chi connectivity index (χ2n) is 2.78. The van der Waals surface area contributed by atoms with Crippen LogP contribution in [-0.4, -0.2) is 21.6 Å². The highest BCUT2D eigenvalue weighted by Gasteiger charge is 2.15. The molecule has 0 saturated carbocycles. The second kappa shape index (κ2) is 3.87. The molecular weight excluding hydrogens is 166 g/mol. The van der Waals surface area contributed by atoms with E-state index in [2.05, 4.69) is 11.0 Å². The van der Waals surface area contributed by atoms with Crippen molar-refractivity contribution >= 4 is 5.78 Å². The number of terminal acetylenes is 1. The molecule has 0 radical (unpaired) electrons. The smallest absolute Gasteiger partial charge is 0.183 e. The van der Waals surface area contributed by atoms with Crippen LogP contribution in [0.3, 0.4) is 0 Å². The number of carbonyl (C=O) groups excluding carboxylic acids is 1. The van der Waals surface area contributed by atoms with Crippen LogP contribution >= 0.6 is 0 Å². The number of rotatable bonds is 3. The Kier molecular flexibility index (Phi) is 2.83. The third-order valence-electron chi connectivity index (χ3n) is 1.66. The molecule has 0 amide bonds. The van der Waals surface area contributed by atoms with Crippen molar-refractivity contribution in [1.29, 1.82) is 0 Å². The molecule has 68 valence electrons. The molecule has 0 fully saturated rings. The van der Waals surface area contributed by atoms with Gasteiger partial charge < -0.3 is 5.73 Å². The van der Waals surface area contributed by atoms with E-state index in [0.717, 1.165) is 0 Å². The Labute approximate surface area is 76.7 Å². The maximum Gasteiger partial charge on any atom is 0.183 e. The number of nitrogens with two attached hydrogens (primary N) is 1. The first-order valence-electron chi connectivity index (χ1n) is 3.87. The largest absolute Gasteiger partial charge is 0.320 e. The molecule has 1 heterocycles. The Morgan fingerprint density at radius 2 is 2.62 bits per heavy atom. The molecule has 0 bridgehead atoms. The van der Waals surface area contributed by atoms with Crippen molar-refractivity contribution in [1.82, 2.24) is 9.78 Å². The zero-order valence-electron chi connectivity index (χ0n) is 7.40. The minimum Gasteiger partial charge on any atom is -0.320 e. The van der Waals surface area contributed by atoms with Gasteiger partial charge in [-0.3, -0.25) is 9.48 Å². The number of hydrogen-bond acceptors (Lipinski definition) is 3. The van der Waals surface area contributed by atoms with Crippen LogP contribution in [0.25, 0.3) is 0 Å². The molecule has 1 aromatic heterocycles. The SMILES string of the molecule is C#CCC(N)C(=O)c1cnn(C)c1. The molecule has 1 aromatic rings. The fourth-order valence-electron chi connectivity index (χ4n) is 0.982. The molecule has 1 atom stereocenters. The van der Waals surface area contributed by atoms with Crippen LogP contribution in [-0.2, 0) is 7.05 Å². The van der Waals surface area contributed by atoms with E-state index in [9.17, 15) is 4.79 Å². The molecule has 0 spiro atoms. The van der Waals surface area contributed by atoms with Crippen LogP contribution in [0.4, 0.5) is 0 Å². The lowest BCUT2D eigenvalue weighted by atomic mass is 10.1. The van der Waals surface area contributed by atoms with Gasteiger partial charge in [-0.1, -0.05) is 0 Å². The lowest BCUT2D eigenvalue weighted by Crippen LogP contribution is -2.29. The number of aryl methyl sites for hydroxylation is 1. The molecule has 0 aliphatic rings. The summed E-state index contributed by atoms with van der Waals surface area (Å²) >= 11 is 0. The minimum absolute atomic E-state index is 0.161. The topological polar surface area (TPSA) is 60.9 Å². The molecule has 0 aromatic carbocycles. The molecule has 0 aliphatic carbocycles. The lowest BCUT2D eigenvalue weighted by Gasteiger charge is -2.03. The van der Waals surface area contributed by atoms with Gasteiger partial charge in [0.25, 0.3) is 0 Å². The molecule has 4 heteroatoms. The Balaban J connectivity index is 2.74. The summed E-state index contributed by atoms with van der Waals surface area (Å²) < 4.78 is 1.55. The van der Waals surface area contributed by atoms with E-state index in [1.54, 1.807) is 17.9 Å². The van der Waals surface area contributed by atoms with Crippen molar-refractivity contribution in [3.05, 3.63) is 18.0 Å². The summed E-state index contributed by atoms with van der Waals surface area (Å²) in [7, 11) is 1.74. The van der Waals surface area contributed by atoms with Crippen LogP contribution in [0, 0.1) is 12.3 Å². The number of aromatic nitrogens is 2.